The zero-order chi connectivity index (χ0) is 23.1. The number of halogens is 1. The van der Waals surface area contributed by atoms with Crippen LogP contribution >= 0.6 is 27.3 Å². The highest BCUT2D eigenvalue weighted by Crippen LogP contribution is 2.37. The summed E-state index contributed by atoms with van der Waals surface area (Å²) in [5.41, 5.74) is 5.83. The number of benzene rings is 3. The summed E-state index contributed by atoms with van der Waals surface area (Å²) in [4.78, 5) is 18.6. The van der Waals surface area contributed by atoms with Crippen LogP contribution in [0.5, 0.6) is 11.5 Å². The number of aryl methyl sites for hydroxylation is 2. The Hall–Kier alpha value is -3.16. The lowest BCUT2D eigenvalue weighted by Crippen LogP contribution is -2.22. The Bertz CT molecular complexity index is 1610. The predicted octanol–water partition coefficient (Wildman–Crippen LogP) is 5.42. The first-order valence-corrected chi connectivity index (χ1v) is 12.0. The number of hydrogen-bond acceptors (Lipinski definition) is 5. The normalized spacial score (nSPS) is 12.1. The predicted molar refractivity (Wildman–Crippen MR) is 137 cm³/mol. The fourth-order valence-corrected chi connectivity index (χ4v) is 5.32. The SMILES string of the molecule is COc1cc(/C=c2/sc3nc4cc(C)c(C)cc4n3c2=O)cc(Br)c1OCc1ccccc1. The summed E-state index contributed by atoms with van der Waals surface area (Å²) in [6.07, 6.45) is 1.86. The largest absolute Gasteiger partial charge is 0.493 e. The molecule has 0 aliphatic heterocycles. The van der Waals surface area contributed by atoms with Crippen molar-refractivity contribution in [2.75, 3.05) is 7.11 Å². The number of thiazole rings is 1. The maximum absolute atomic E-state index is 13.2. The Morgan fingerprint density at radius 2 is 1.85 bits per heavy atom. The Balaban J connectivity index is 1.55. The van der Waals surface area contributed by atoms with Crippen LogP contribution < -0.4 is 19.6 Å². The van der Waals surface area contributed by atoms with E-state index in [1.165, 1.54) is 16.9 Å². The number of methoxy groups -OCH3 is 1. The minimum absolute atomic E-state index is 0.0692. The van der Waals surface area contributed by atoms with Gasteiger partial charge in [0.1, 0.15) is 6.61 Å². The van der Waals surface area contributed by atoms with Crippen LogP contribution in [0.3, 0.4) is 0 Å². The fraction of sp³-hybridized carbons (Fsp3) is 0.154. The molecule has 0 amide bonds. The van der Waals surface area contributed by atoms with E-state index >= 15 is 0 Å². The second kappa shape index (κ2) is 8.65. The summed E-state index contributed by atoms with van der Waals surface area (Å²) >= 11 is 4.99. The molecule has 0 saturated heterocycles. The second-order valence-corrected chi connectivity index (χ2v) is 9.74. The van der Waals surface area contributed by atoms with E-state index in [9.17, 15) is 4.79 Å². The fourth-order valence-electron chi connectivity index (χ4n) is 3.76. The van der Waals surface area contributed by atoms with Crippen molar-refractivity contribution in [1.29, 1.82) is 0 Å². The van der Waals surface area contributed by atoms with Gasteiger partial charge in [0, 0.05) is 0 Å². The van der Waals surface area contributed by atoms with E-state index < -0.39 is 0 Å². The van der Waals surface area contributed by atoms with Gasteiger partial charge in [-0.2, -0.15) is 0 Å². The molecule has 5 aromatic rings. The van der Waals surface area contributed by atoms with Gasteiger partial charge in [-0.1, -0.05) is 41.7 Å². The third-order valence-electron chi connectivity index (χ3n) is 5.63. The van der Waals surface area contributed by atoms with Crippen LogP contribution in [-0.4, -0.2) is 16.5 Å². The average Bonchev–Trinajstić information content (AvgIpc) is 3.29. The smallest absolute Gasteiger partial charge is 0.274 e. The molecule has 0 aliphatic carbocycles. The lowest BCUT2D eigenvalue weighted by atomic mass is 10.1. The van der Waals surface area contributed by atoms with Gasteiger partial charge in [-0.15, -0.1) is 0 Å². The molecule has 0 N–H and O–H groups in total. The highest BCUT2D eigenvalue weighted by atomic mass is 79.9. The van der Waals surface area contributed by atoms with Gasteiger partial charge in [0.15, 0.2) is 16.5 Å². The molecule has 5 nitrogen and oxygen atoms in total. The summed E-state index contributed by atoms with van der Waals surface area (Å²) in [6.45, 7) is 4.53. The van der Waals surface area contributed by atoms with E-state index in [4.69, 9.17) is 9.47 Å². The molecule has 0 bridgehead atoms. The van der Waals surface area contributed by atoms with Crippen LogP contribution in [0.4, 0.5) is 0 Å². The first-order chi connectivity index (χ1) is 15.9. The summed E-state index contributed by atoms with van der Waals surface area (Å²) in [5, 5.41) is 0. The van der Waals surface area contributed by atoms with Crippen molar-refractivity contribution < 1.29 is 9.47 Å². The summed E-state index contributed by atoms with van der Waals surface area (Å²) in [5.74, 6) is 1.22. The van der Waals surface area contributed by atoms with E-state index in [0.29, 0.717) is 27.6 Å². The van der Waals surface area contributed by atoms with Crippen molar-refractivity contribution in [3.63, 3.8) is 0 Å². The molecule has 0 spiro atoms. The molecule has 5 rings (SSSR count). The Labute approximate surface area is 203 Å². The van der Waals surface area contributed by atoms with E-state index in [1.54, 1.807) is 11.5 Å². The number of imidazole rings is 1. The minimum atomic E-state index is -0.0692. The minimum Gasteiger partial charge on any atom is -0.493 e. The number of nitrogens with zero attached hydrogens (tertiary/aromatic N) is 2. The highest BCUT2D eigenvalue weighted by Gasteiger charge is 2.14. The van der Waals surface area contributed by atoms with Crippen LogP contribution in [0, 0.1) is 13.8 Å². The molecule has 0 unspecified atom stereocenters. The van der Waals surface area contributed by atoms with E-state index in [1.807, 2.05) is 67.6 Å². The maximum Gasteiger partial charge on any atom is 0.274 e. The van der Waals surface area contributed by atoms with Gasteiger partial charge in [0.05, 0.1) is 27.1 Å². The van der Waals surface area contributed by atoms with E-state index in [0.717, 1.165) is 32.2 Å². The van der Waals surface area contributed by atoms with Crippen molar-refractivity contribution >= 4 is 49.3 Å². The third kappa shape index (κ3) is 4.03. The van der Waals surface area contributed by atoms with Crippen molar-refractivity contribution in [2.24, 2.45) is 0 Å². The molecular weight excluding hydrogens is 500 g/mol. The average molecular weight is 521 g/mol. The van der Waals surface area contributed by atoms with E-state index in [2.05, 4.69) is 27.8 Å². The summed E-state index contributed by atoms with van der Waals surface area (Å²) < 4.78 is 14.7. The number of ether oxygens (including phenoxy) is 2. The lowest BCUT2D eigenvalue weighted by molar-refractivity contribution is 0.282. The van der Waals surface area contributed by atoms with E-state index in [-0.39, 0.29) is 5.56 Å². The first-order valence-electron chi connectivity index (χ1n) is 10.4. The molecule has 33 heavy (non-hydrogen) atoms. The second-order valence-electron chi connectivity index (χ2n) is 7.88. The number of hydrogen-bond donors (Lipinski definition) is 0. The first kappa shape index (κ1) is 21.7. The molecule has 0 radical (unpaired) electrons. The zero-order valence-electron chi connectivity index (χ0n) is 18.4. The van der Waals surface area contributed by atoms with Gasteiger partial charge in [-0.3, -0.25) is 4.79 Å². The van der Waals surface area contributed by atoms with Gasteiger partial charge in [0.2, 0.25) is 0 Å². The topological polar surface area (TPSA) is 52.8 Å². The van der Waals surface area contributed by atoms with Crippen molar-refractivity contribution in [3.05, 3.63) is 96.2 Å². The molecule has 0 aliphatic rings. The molecule has 2 heterocycles. The quantitative estimate of drug-likeness (QED) is 0.310. The standard InChI is InChI=1S/C26H21BrN2O3S/c1-15-9-20-21(10-16(15)2)29-25(30)23(33-26(29)28-20)13-18-11-19(27)24(22(12-18)31-3)32-14-17-7-5-4-6-8-17/h4-13H,14H2,1-3H3/b23-13+. The maximum atomic E-state index is 13.2. The Morgan fingerprint density at radius 1 is 1.09 bits per heavy atom. The van der Waals surface area contributed by atoms with Gasteiger partial charge in [-0.05, 0) is 82.4 Å². The van der Waals surface area contributed by atoms with Gasteiger partial charge < -0.3 is 9.47 Å². The molecular formula is C26H21BrN2O3S. The third-order valence-corrected chi connectivity index (χ3v) is 7.19. The molecule has 7 heteroatoms. The van der Waals surface area contributed by atoms with Crippen LogP contribution in [0.15, 0.2) is 63.9 Å². The zero-order valence-corrected chi connectivity index (χ0v) is 20.8. The summed E-state index contributed by atoms with van der Waals surface area (Å²) in [6, 6.07) is 17.8. The van der Waals surface area contributed by atoms with Crippen LogP contribution in [0.25, 0.3) is 22.1 Å². The van der Waals surface area contributed by atoms with Gasteiger partial charge >= 0.3 is 0 Å². The van der Waals surface area contributed by atoms with Crippen molar-refractivity contribution in [3.8, 4) is 11.5 Å². The molecule has 3 aromatic carbocycles. The molecule has 0 saturated carbocycles. The number of fused-ring (bicyclic) bond motifs is 3. The van der Waals surface area contributed by atoms with Gasteiger partial charge in [0.25, 0.3) is 5.56 Å². The van der Waals surface area contributed by atoms with Crippen LogP contribution in [-0.2, 0) is 6.61 Å². The monoisotopic (exact) mass is 520 g/mol. The Morgan fingerprint density at radius 3 is 2.61 bits per heavy atom. The lowest BCUT2D eigenvalue weighted by Gasteiger charge is -2.13. The van der Waals surface area contributed by atoms with Crippen molar-refractivity contribution in [2.45, 2.75) is 20.5 Å². The van der Waals surface area contributed by atoms with Crippen LogP contribution in [0.1, 0.15) is 22.3 Å². The molecule has 0 fully saturated rings. The van der Waals surface area contributed by atoms with Crippen molar-refractivity contribution in [1.82, 2.24) is 9.38 Å². The number of rotatable bonds is 5. The van der Waals surface area contributed by atoms with Crippen LogP contribution in [0.2, 0.25) is 0 Å². The Kier molecular flexibility index (Phi) is 5.68. The van der Waals surface area contributed by atoms with Gasteiger partial charge in [-0.25, -0.2) is 9.38 Å². The molecule has 166 valence electrons. The molecule has 2 aromatic heterocycles. The number of aromatic nitrogens is 2. The molecule has 0 atom stereocenters. The summed E-state index contributed by atoms with van der Waals surface area (Å²) in [7, 11) is 1.61. The highest BCUT2D eigenvalue weighted by molar-refractivity contribution is 9.10.